The number of rotatable bonds is 12. The van der Waals surface area contributed by atoms with Gasteiger partial charge in [0.2, 0.25) is 0 Å². The number of ketones is 1. The monoisotopic (exact) mass is 650 g/mol. The average molecular weight is 650 g/mol. The third-order valence-electron chi connectivity index (χ3n) is 8.69. The molecular weight excluding hydrogens is 603 g/mol. The Morgan fingerprint density at radius 1 is 0.512 bits per heavy atom. The van der Waals surface area contributed by atoms with Gasteiger partial charge in [-0.2, -0.15) is 0 Å². The third-order valence-corrected chi connectivity index (χ3v) is 24.8. The molecule has 0 amide bonds. The van der Waals surface area contributed by atoms with Gasteiger partial charge in [-0.25, -0.2) is 0 Å². The van der Waals surface area contributed by atoms with Crippen molar-refractivity contribution in [2.45, 2.75) is 71.1 Å². The minimum absolute atomic E-state index is 0.0169. The molecule has 0 heterocycles. The Kier molecular flexibility index (Phi) is 9.80. The van der Waals surface area contributed by atoms with Crippen molar-refractivity contribution >= 4 is 24.2 Å². The van der Waals surface area contributed by atoms with E-state index in [2.05, 4.69) is 137 Å². The van der Waals surface area contributed by atoms with Gasteiger partial charge in [-0.05, 0) is 0 Å². The van der Waals surface area contributed by atoms with E-state index in [0.29, 0.717) is 0 Å². The fraction of sp³-hybridized carbons (Fsp3) is 0.308. The van der Waals surface area contributed by atoms with E-state index < -0.39 is 18.4 Å². The summed E-state index contributed by atoms with van der Waals surface area (Å²) in [7, 11) is 0. The van der Waals surface area contributed by atoms with Gasteiger partial charge in [0.15, 0.2) is 0 Å². The van der Waals surface area contributed by atoms with E-state index in [-0.39, 0.29) is 22.0 Å². The Labute approximate surface area is 252 Å². The minimum atomic E-state index is -3.41. The standard InChI is InChI=1S/3C10H13.C9H7O.Sn/c3*1-10(2,3)9-7-5-4-6-8-9;1-2-9(10)8-6-4-3-5-7-8;/h3*4-8H,1H2,2-3H3;1-7H;. The van der Waals surface area contributed by atoms with Gasteiger partial charge < -0.3 is 0 Å². The van der Waals surface area contributed by atoms with E-state index >= 15 is 0 Å². The Hall–Kier alpha value is -2.91. The molecule has 2 heteroatoms. The first kappa shape index (κ1) is 31.0. The maximum atomic E-state index is 13.5. The van der Waals surface area contributed by atoms with Crippen LogP contribution in [0.2, 0.25) is 13.3 Å². The van der Waals surface area contributed by atoms with E-state index in [9.17, 15) is 4.79 Å². The van der Waals surface area contributed by atoms with Gasteiger partial charge in [0, 0.05) is 0 Å². The molecule has 0 radical (unpaired) electrons. The summed E-state index contributed by atoms with van der Waals surface area (Å²) in [5, 5.41) is 0. The van der Waals surface area contributed by atoms with Crippen LogP contribution in [-0.4, -0.2) is 24.2 Å². The van der Waals surface area contributed by atoms with Gasteiger partial charge in [-0.3, -0.25) is 0 Å². The first-order valence-corrected chi connectivity index (χ1v) is 22.6. The summed E-state index contributed by atoms with van der Waals surface area (Å²) in [5.41, 5.74) is 4.83. The molecule has 0 aromatic heterocycles. The maximum absolute atomic E-state index is 13.5. The quantitative estimate of drug-likeness (QED) is 0.0848. The molecule has 0 N–H and O–H groups in total. The second kappa shape index (κ2) is 12.9. The van der Waals surface area contributed by atoms with E-state index in [1.807, 2.05) is 36.4 Å². The fourth-order valence-corrected chi connectivity index (χ4v) is 27.3. The second-order valence-corrected chi connectivity index (χ2v) is 25.5. The molecule has 4 rings (SSSR count). The molecule has 0 fully saturated rings. The molecule has 0 aliphatic carbocycles. The molecule has 0 aliphatic rings. The van der Waals surface area contributed by atoms with Crippen molar-refractivity contribution in [1.29, 1.82) is 0 Å². The van der Waals surface area contributed by atoms with Crippen LogP contribution in [0.1, 0.15) is 68.6 Å². The van der Waals surface area contributed by atoms with E-state index in [1.54, 1.807) is 0 Å². The average Bonchev–Trinajstić information content (AvgIpc) is 2.97. The summed E-state index contributed by atoms with van der Waals surface area (Å²) < 4.78 is 5.86. The number of carbonyl (C=O) groups excluding carboxylic acids is 1. The van der Waals surface area contributed by atoms with Crippen molar-refractivity contribution < 1.29 is 4.79 Å². The van der Waals surface area contributed by atoms with Crippen LogP contribution in [-0.2, 0) is 16.2 Å². The zero-order chi connectivity index (χ0) is 29.6. The summed E-state index contributed by atoms with van der Waals surface area (Å²) in [4.78, 5) is 13.5. The molecule has 0 aliphatic heterocycles. The summed E-state index contributed by atoms with van der Waals surface area (Å²) >= 11 is -3.41. The van der Waals surface area contributed by atoms with Gasteiger partial charge >= 0.3 is 254 Å². The van der Waals surface area contributed by atoms with Gasteiger partial charge in [0.1, 0.15) is 0 Å². The number of allylic oxidation sites excluding steroid dienone is 1. The van der Waals surface area contributed by atoms with Crippen LogP contribution in [0.15, 0.2) is 131 Å². The summed E-state index contributed by atoms with van der Waals surface area (Å²) in [6.45, 7) is 14.5. The van der Waals surface area contributed by atoms with Gasteiger partial charge in [0.05, 0.1) is 0 Å². The Balaban J connectivity index is 1.87. The van der Waals surface area contributed by atoms with E-state index in [1.165, 1.54) is 16.7 Å². The number of benzene rings is 4. The molecule has 0 unspecified atom stereocenters. The van der Waals surface area contributed by atoms with E-state index in [0.717, 1.165) is 18.9 Å². The predicted molar refractivity (Wildman–Crippen MR) is 178 cm³/mol. The molecule has 0 atom stereocenters. The van der Waals surface area contributed by atoms with Crippen molar-refractivity contribution in [2.24, 2.45) is 0 Å². The first-order valence-electron chi connectivity index (χ1n) is 14.9. The predicted octanol–water partition coefficient (Wildman–Crippen LogP) is 10.3. The van der Waals surface area contributed by atoms with Crippen LogP contribution in [0.4, 0.5) is 0 Å². The zero-order valence-corrected chi connectivity index (χ0v) is 28.6. The topological polar surface area (TPSA) is 17.1 Å². The summed E-state index contributed by atoms with van der Waals surface area (Å²) in [5.74, 6) is 0.110. The third kappa shape index (κ3) is 8.10. The van der Waals surface area contributed by atoms with Crippen molar-refractivity contribution in [3.8, 4) is 0 Å². The molecule has 4 aromatic carbocycles. The van der Waals surface area contributed by atoms with E-state index in [4.69, 9.17) is 0 Å². The zero-order valence-electron chi connectivity index (χ0n) is 25.7. The second-order valence-electron chi connectivity index (χ2n) is 13.7. The van der Waals surface area contributed by atoms with Gasteiger partial charge in [-0.15, -0.1) is 0 Å². The van der Waals surface area contributed by atoms with Crippen LogP contribution in [0.3, 0.4) is 0 Å². The molecule has 4 aromatic rings. The molecular formula is C39H46OSn. The van der Waals surface area contributed by atoms with Crippen LogP contribution in [0, 0.1) is 0 Å². The van der Waals surface area contributed by atoms with Crippen molar-refractivity contribution in [1.82, 2.24) is 0 Å². The van der Waals surface area contributed by atoms with Gasteiger partial charge in [-0.1, -0.05) is 0 Å². The first-order chi connectivity index (χ1) is 19.4. The Bertz CT molecular complexity index is 1290. The molecule has 0 spiro atoms. The Morgan fingerprint density at radius 2 is 0.805 bits per heavy atom. The van der Waals surface area contributed by atoms with Crippen LogP contribution in [0.25, 0.3) is 0 Å². The van der Waals surface area contributed by atoms with Crippen molar-refractivity contribution in [2.75, 3.05) is 0 Å². The number of carbonyl (C=O) groups is 1. The fourth-order valence-electron chi connectivity index (χ4n) is 6.93. The molecule has 41 heavy (non-hydrogen) atoms. The SMILES string of the molecule is CC(C)([CH2][Sn](/[CH]=C\C(=O)c1ccccc1)([CH2]C(C)(C)c1ccccc1)[CH2]C(C)(C)c1ccccc1)c1ccccc1. The Morgan fingerprint density at radius 3 is 1.12 bits per heavy atom. The van der Waals surface area contributed by atoms with Crippen LogP contribution in [0.5, 0.6) is 0 Å². The van der Waals surface area contributed by atoms with Crippen LogP contribution >= 0.6 is 0 Å². The summed E-state index contributed by atoms with van der Waals surface area (Å²) in [6.07, 6.45) is 1.95. The molecule has 0 bridgehead atoms. The molecule has 1 nitrogen and oxygen atoms in total. The molecule has 212 valence electrons. The molecule has 0 saturated heterocycles. The normalized spacial score (nSPS) is 12.9. The van der Waals surface area contributed by atoms with Crippen molar-refractivity contribution in [3.63, 3.8) is 0 Å². The molecule has 0 saturated carbocycles. The number of hydrogen-bond acceptors (Lipinski definition) is 1. The van der Waals surface area contributed by atoms with Crippen LogP contribution < -0.4 is 0 Å². The van der Waals surface area contributed by atoms with Gasteiger partial charge in [0.25, 0.3) is 0 Å². The van der Waals surface area contributed by atoms with Crippen molar-refractivity contribution in [3.05, 3.63) is 154 Å². The summed E-state index contributed by atoms with van der Waals surface area (Å²) in [6, 6.07) is 42.7. The number of hydrogen-bond donors (Lipinski definition) is 0.